The fourth-order valence-electron chi connectivity index (χ4n) is 1.95. The summed E-state index contributed by atoms with van der Waals surface area (Å²) in [6, 6.07) is -1.85. The van der Waals surface area contributed by atoms with E-state index in [0.717, 1.165) is 11.8 Å². The number of esters is 2. The highest BCUT2D eigenvalue weighted by Crippen LogP contribution is 2.11. The second-order valence-corrected chi connectivity index (χ2v) is 6.67. The quantitative estimate of drug-likeness (QED) is 0.268. The van der Waals surface area contributed by atoms with Crippen LogP contribution in [0.1, 0.15) is 46.0 Å². The van der Waals surface area contributed by atoms with Gasteiger partial charge in [0.2, 0.25) is 5.91 Å². The van der Waals surface area contributed by atoms with Gasteiger partial charge < -0.3 is 37.5 Å². The number of amides is 1. The molecule has 1 amide bonds. The average Bonchev–Trinajstić information content (AvgIpc) is 2.66. The van der Waals surface area contributed by atoms with Crippen LogP contribution < -0.4 is 28.0 Å². The molecule has 0 bridgehead atoms. The Morgan fingerprint density at radius 1 is 1.07 bits per heavy atom. The number of Topliss-reactive ketones (excluding diaryl/α,β-unsaturated/α-hetero) is 1. The van der Waals surface area contributed by atoms with Crippen LogP contribution in [0.15, 0.2) is 0 Å². The van der Waals surface area contributed by atoms with Gasteiger partial charge in [-0.2, -0.15) is 0 Å². The maximum Gasteiger partial charge on any atom is 0.322 e. The van der Waals surface area contributed by atoms with E-state index >= 15 is 0 Å². The molecule has 0 aliphatic heterocycles. The van der Waals surface area contributed by atoms with Gasteiger partial charge in [-0.25, -0.2) is 0 Å². The van der Waals surface area contributed by atoms with Crippen LogP contribution in [0.3, 0.4) is 0 Å². The van der Waals surface area contributed by atoms with Gasteiger partial charge in [0.1, 0.15) is 6.04 Å². The standard InChI is InChI=1S/C17H28N2O7S.BrH/c1-4-16(23)27-10-12(13(20)7-9-15(22)26-5-2)19-14(21)8-6-11(18)17(24)25-3;/h11-12H,4-10,18H2,1-3H3,(H,19,21);1H/p-1/t11-,12-;/m0./s1. The summed E-state index contributed by atoms with van der Waals surface area (Å²) in [5.74, 6) is -1.91. The number of nitrogens with two attached hydrogens (primary N) is 1. The Labute approximate surface area is 179 Å². The highest BCUT2D eigenvalue weighted by atomic mass is 79.9. The number of ketones is 1. The van der Waals surface area contributed by atoms with Crippen LogP contribution >= 0.6 is 11.8 Å². The molecule has 0 aromatic heterocycles. The molecule has 162 valence electrons. The van der Waals surface area contributed by atoms with Crippen molar-refractivity contribution in [1.82, 2.24) is 5.32 Å². The molecule has 2 atom stereocenters. The van der Waals surface area contributed by atoms with Crippen molar-refractivity contribution >= 4 is 40.5 Å². The summed E-state index contributed by atoms with van der Waals surface area (Å²) in [6.07, 6.45) is 0.0783. The molecular formula is C17H28BrN2O7S-. The minimum atomic E-state index is -0.935. The summed E-state index contributed by atoms with van der Waals surface area (Å²) < 4.78 is 9.25. The molecule has 28 heavy (non-hydrogen) atoms. The van der Waals surface area contributed by atoms with Gasteiger partial charge in [0.15, 0.2) is 10.9 Å². The van der Waals surface area contributed by atoms with E-state index in [1.165, 1.54) is 7.11 Å². The van der Waals surface area contributed by atoms with E-state index in [0.29, 0.717) is 6.42 Å². The van der Waals surface area contributed by atoms with Crippen LogP contribution in [0, 0.1) is 0 Å². The maximum absolute atomic E-state index is 12.3. The van der Waals surface area contributed by atoms with E-state index in [4.69, 9.17) is 10.5 Å². The van der Waals surface area contributed by atoms with E-state index in [1.807, 2.05) is 0 Å². The fourth-order valence-corrected chi connectivity index (χ4v) is 2.77. The highest BCUT2D eigenvalue weighted by Gasteiger charge is 2.23. The number of thioether (sulfide) groups is 1. The van der Waals surface area contributed by atoms with Crippen LogP contribution in [-0.4, -0.2) is 60.3 Å². The number of methoxy groups -OCH3 is 1. The Morgan fingerprint density at radius 3 is 2.25 bits per heavy atom. The molecule has 9 nitrogen and oxygen atoms in total. The lowest BCUT2D eigenvalue weighted by Crippen LogP contribution is -3.00. The van der Waals surface area contributed by atoms with Crippen molar-refractivity contribution in [3.8, 4) is 0 Å². The molecule has 0 fully saturated rings. The van der Waals surface area contributed by atoms with Gasteiger partial charge in [0.25, 0.3) is 0 Å². The Hall–Kier alpha value is -1.46. The molecule has 0 rings (SSSR count). The number of carbonyl (C=O) groups is 5. The van der Waals surface area contributed by atoms with Gasteiger partial charge >= 0.3 is 11.9 Å². The first-order valence-corrected chi connectivity index (χ1v) is 9.70. The molecule has 0 saturated heterocycles. The Morgan fingerprint density at radius 2 is 1.71 bits per heavy atom. The molecule has 0 aliphatic rings. The van der Waals surface area contributed by atoms with E-state index in [2.05, 4.69) is 10.1 Å². The number of halogens is 1. The van der Waals surface area contributed by atoms with E-state index < -0.39 is 29.9 Å². The predicted molar refractivity (Wildman–Crippen MR) is 99.8 cm³/mol. The topological polar surface area (TPSA) is 142 Å². The van der Waals surface area contributed by atoms with Crippen molar-refractivity contribution < 1.29 is 50.4 Å². The summed E-state index contributed by atoms with van der Waals surface area (Å²) in [4.78, 5) is 58.5. The van der Waals surface area contributed by atoms with Gasteiger partial charge in [-0.1, -0.05) is 18.7 Å². The van der Waals surface area contributed by atoms with Crippen molar-refractivity contribution in [3.63, 3.8) is 0 Å². The Balaban J connectivity index is 0. The van der Waals surface area contributed by atoms with Crippen molar-refractivity contribution in [3.05, 3.63) is 0 Å². The van der Waals surface area contributed by atoms with Gasteiger partial charge in [-0.15, -0.1) is 0 Å². The molecule has 11 heteroatoms. The summed E-state index contributed by atoms with van der Waals surface area (Å²) in [6.45, 7) is 3.57. The number of carbonyl (C=O) groups excluding carboxylic acids is 5. The van der Waals surface area contributed by atoms with Gasteiger partial charge in [0.05, 0.1) is 26.2 Å². The highest BCUT2D eigenvalue weighted by molar-refractivity contribution is 8.13. The van der Waals surface area contributed by atoms with Crippen molar-refractivity contribution in [2.24, 2.45) is 5.73 Å². The third-order valence-corrected chi connectivity index (χ3v) is 4.60. The van der Waals surface area contributed by atoms with Gasteiger partial charge in [-0.05, 0) is 13.3 Å². The summed E-state index contributed by atoms with van der Waals surface area (Å²) in [5.41, 5.74) is 5.57. The molecular weight excluding hydrogens is 456 g/mol. The normalized spacial score (nSPS) is 12.1. The lowest BCUT2D eigenvalue weighted by Gasteiger charge is -2.17. The van der Waals surface area contributed by atoms with Crippen molar-refractivity contribution in [2.75, 3.05) is 19.5 Å². The molecule has 0 aromatic carbocycles. The molecule has 0 spiro atoms. The molecule has 0 heterocycles. The third kappa shape index (κ3) is 12.8. The lowest BCUT2D eigenvalue weighted by molar-refractivity contribution is -0.144. The monoisotopic (exact) mass is 483 g/mol. The zero-order chi connectivity index (χ0) is 20.8. The number of rotatable bonds is 13. The average molecular weight is 484 g/mol. The molecule has 0 saturated carbocycles. The first-order chi connectivity index (χ1) is 12.7. The van der Waals surface area contributed by atoms with Crippen LogP contribution in [0.5, 0.6) is 0 Å². The fraction of sp³-hybridized carbons (Fsp3) is 0.706. The second-order valence-electron chi connectivity index (χ2n) is 5.60. The second kappa shape index (κ2) is 16.5. The lowest BCUT2D eigenvalue weighted by atomic mass is 10.1. The third-order valence-electron chi connectivity index (χ3n) is 3.49. The summed E-state index contributed by atoms with van der Waals surface area (Å²) >= 11 is 0.943. The molecule has 0 unspecified atom stereocenters. The van der Waals surface area contributed by atoms with Crippen LogP contribution in [-0.2, 0) is 33.4 Å². The molecule has 0 aromatic rings. The van der Waals surface area contributed by atoms with Crippen LogP contribution in [0.4, 0.5) is 0 Å². The zero-order valence-electron chi connectivity index (χ0n) is 16.3. The molecule has 0 aliphatic carbocycles. The van der Waals surface area contributed by atoms with Crippen molar-refractivity contribution in [1.29, 1.82) is 0 Å². The number of nitrogens with one attached hydrogen (secondary N) is 1. The van der Waals surface area contributed by atoms with Gasteiger partial charge in [-0.3, -0.25) is 24.0 Å². The van der Waals surface area contributed by atoms with Crippen molar-refractivity contribution in [2.45, 2.75) is 58.0 Å². The summed E-state index contributed by atoms with van der Waals surface area (Å²) in [7, 11) is 1.20. The Bertz CT molecular complexity index is 546. The number of ether oxygens (including phenoxy) is 2. The Kier molecular flexibility index (Phi) is 16.9. The van der Waals surface area contributed by atoms with E-state index in [-0.39, 0.29) is 65.9 Å². The number of hydrogen-bond acceptors (Lipinski definition) is 9. The minimum absolute atomic E-state index is 0. The molecule has 0 radical (unpaired) electrons. The van der Waals surface area contributed by atoms with Crippen LogP contribution in [0.25, 0.3) is 0 Å². The summed E-state index contributed by atoms with van der Waals surface area (Å²) in [5, 5.41) is 2.43. The van der Waals surface area contributed by atoms with E-state index in [9.17, 15) is 24.0 Å². The predicted octanol–water partition coefficient (Wildman–Crippen LogP) is -2.66. The zero-order valence-corrected chi connectivity index (χ0v) is 18.7. The molecule has 3 N–H and O–H groups in total. The largest absolute Gasteiger partial charge is 1.00 e. The van der Waals surface area contributed by atoms with Crippen LogP contribution in [0.2, 0.25) is 0 Å². The number of hydrogen-bond donors (Lipinski definition) is 2. The minimum Gasteiger partial charge on any atom is -1.00 e. The SMILES string of the molecule is CCOC(=O)CCC(=O)[C@H](CSC(=O)CC)NC(=O)CC[C@H](N)C(=O)OC.[Br-]. The first kappa shape index (κ1) is 28.7. The first-order valence-electron chi connectivity index (χ1n) is 8.71. The smallest absolute Gasteiger partial charge is 0.322 e. The van der Waals surface area contributed by atoms with E-state index in [1.54, 1.807) is 13.8 Å². The maximum atomic E-state index is 12.3. The van der Waals surface area contributed by atoms with Gasteiger partial charge in [0, 0.05) is 25.0 Å².